The van der Waals surface area contributed by atoms with Gasteiger partial charge in [-0.05, 0) is 13.0 Å². The number of thiol groups is 1. The van der Waals surface area contributed by atoms with Crippen molar-refractivity contribution >= 4 is 41.4 Å². The van der Waals surface area contributed by atoms with Crippen LogP contribution in [0, 0.1) is 10.1 Å². The standard InChI is InChI=1S/C11H7F3N2O3S2/c1-5-15-10(20,4-17)7-2-6(11(12,13)14)3-8(16(18)19)9(7)21-5/h2-4,20H,1H3. The molecule has 0 aliphatic carbocycles. The Balaban J connectivity index is 2.83. The molecule has 0 bridgehead atoms. The molecule has 1 unspecified atom stereocenters. The number of nitro groups is 1. The van der Waals surface area contributed by atoms with Gasteiger partial charge in [-0.15, -0.1) is 12.6 Å². The van der Waals surface area contributed by atoms with Crippen LogP contribution >= 0.6 is 24.4 Å². The van der Waals surface area contributed by atoms with Gasteiger partial charge in [0.05, 0.1) is 20.4 Å². The van der Waals surface area contributed by atoms with Gasteiger partial charge in [-0.3, -0.25) is 19.9 Å². The number of aliphatic imine (C=N–C) groups is 1. The second kappa shape index (κ2) is 5.02. The lowest BCUT2D eigenvalue weighted by atomic mass is 10.0. The average molecular weight is 336 g/mol. The first kappa shape index (κ1) is 15.8. The molecule has 1 atom stereocenters. The third-order valence-corrected chi connectivity index (χ3v) is 4.20. The van der Waals surface area contributed by atoms with E-state index in [0.717, 1.165) is 11.8 Å². The van der Waals surface area contributed by atoms with Crippen LogP contribution in [0.2, 0.25) is 0 Å². The lowest BCUT2D eigenvalue weighted by Gasteiger charge is -2.26. The Kier molecular flexibility index (Phi) is 3.79. The number of hydrogen-bond acceptors (Lipinski definition) is 6. The van der Waals surface area contributed by atoms with E-state index < -0.39 is 27.2 Å². The van der Waals surface area contributed by atoms with E-state index in [9.17, 15) is 28.1 Å². The zero-order valence-electron chi connectivity index (χ0n) is 10.3. The van der Waals surface area contributed by atoms with Crippen molar-refractivity contribution in [3.05, 3.63) is 33.4 Å². The van der Waals surface area contributed by atoms with Gasteiger partial charge in [-0.25, -0.2) is 0 Å². The average Bonchev–Trinajstić information content (AvgIpc) is 2.36. The predicted octanol–water partition coefficient (Wildman–Crippen LogP) is 3.42. The summed E-state index contributed by atoms with van der Waals surface area (Å²) >= 11 is 4.83. The fourth-order valence-corrected chi connectivity index (χ4v) is 3.37. The van der Waals surface area contributed by atoms with Gasteiger partial charge in [0.25, 0.3) is 5.69 Å². The molecule has 10 heteroatoms. The first-order valence-corrected chi connectivity index (χ1v) is 6.68. The van der Waals surface area contributed by atoms with Crippen LogP contribution in [0.4, 0.5) is 18.9 Å². The van der Waals surface area contributed by atoms with Crippen LogP contribution in [0.15, 0.2) is 22.0 Å². The van der Waals surface area contributed by atoms with Gasteiger partial charge in [0.1, 0.15) is 0 Å². The van der Waals surface area contributed by atoms with Crippen molar-refractivity contribution in [2.45, 2.75) is 22.9 Å². The second-order valence-electron chi connectivity index (χ2n) is 4.20. The van der Waals surface area contributed by atoms with Crippen LogP contribution in [-0.4, -0.2) is 16.3 Å². The number of benzene rings is 1. The minimum absolute atomic E-state index is 0.0531. The Morgan fingerprint density at radius 2 is 2.10 bits per heavy atom. The number of rotatable bonds is 2. The van der Waals surface area contributed by atoms with Crippen LogP contribution in [-0.2, 0) is 15.8 Å². The Morgan fingerprint density at radius 1 is 1.48 bits per heavy atom. The summed E-state index contributed by atoms with van der Waals surface area (Å²) in [5.74, 6) is 0. The Labute approximate surface area is 126 Å². The van der Waals surface area contributed by atoms with Gasteiger partial charge in [-0.1, -0.05) is 11.8 Å². The SMILES string of the molecule is CC1=NC(S)(C=O)c2cc(C(F)(F)F)cc([N+](=O)[O-])c2S1. The summed E-state index contributed by atoms with van der Waals surface area (Å²) in [6, 6.07) is 1.12. The van der Waals surface area contributed by atoms with Gasteiger partial charge < -0.3 is 0 Å². The normalized spacial score (nSPS) is 21.5. The Hall–Kier alpha value is -1.55. The van der Waals surface area contributed by atoms with E-state index in [1.165, 1.54) is 6.92 Å². The number of alkyl halides is 3. The molecule has 112 valence electrons. The van der Waals surface area contributed by atoms with Crippen molar-refractivity contribution in [2.75, 3.05) is 0 Å². The molecule has 0 saturated heterocycles. The Morgan fingerprint density at radius 3 is 2.57 bits per heavy atom. The maximum Gasteiger partial charge on any atom is 0.416 e. The van der Waals surface area contributed by atoms with Crippen LogP contribution in [0.5, 0.6) is 0 Å². The molecule has 0 amide bonds. The van der Waals surface area contributed by atoms with E-state index in [2.05, 4.69) is 17.6 Å². The molecule has 21 heavy (non-hydrogen) atoms. The molecule has 0 radical (unpaired) electrons. The van der Waals surface area contributed by atoms with E-state index in [0.29, 0.717) is 17.2 Å². The number of thioether (sulfide) groups is 1. The number of nitro benzene ring substituents is 1. The van der Waals surface area contributed by atoms with Crippen molar-refractivity contribution in [1.82, 2.24) is 0 Å². The largest absolute Gasteiger partial charge is 0.416 e. The van der Waals surface area contributed by atoms with Gasteiger partial charge in [0.2, 0.25) is 0 Å². The van der Waals surface area contributed by atoms with E-state index in [1.54, 1.807) is 0 Å². The molecule has 1 aromatic carbocycles. The second-order valence-corrected chi connectivity index (χ2v) is 6.09. The van der Waals surface area contributed by atoms with E-state index in [1.807, 2.05) is 0 Å². The maximum absolute atomic E-state index is 12.9. The number of hydrogen-bond donors (Lipinski definition) is 1. The molecule has 5 nitrogen and oxygen atoms in total. The van der Waals surface area contributed by atoms with Crippen molar-refractivity contribution < 1.29 is 22.9 Å². The highest BCUT2D eigenvalue weighted by molar-refractivity contribution is 8.14. The van der Waals surface area contributed by atoms with E-state index >= 15 is 0 Å². The van der Waals surface area contributed by atoms with Crippen molar-refractivity contribution in [3.8, 4) is 0 Å². The first-order chi connectivity index (χ1) is 9.58. The summed E-state index contributed by atoms with van der Waals surface area (Å²) < 4.78 is 38.6. The summed E-state index contributed by atoms with van der Waals surface area (Å²) in [5, 5.41) is 11.3. The van der Waals surface area contributed by atoms with Gasteiger partial charge in [0, 0.05) is 11.6 Å². The minimum Gasteiger partial charge on any atom is -0.299 e. The third-order valence-electron chi connectivity index (χ3n) is 2.73. The lowest BCUT2D eigenvalue weighted by molar-refractivity contribution is -0.388. The summed E-state index contributed by atoms with van der Waals surface area (Å²) in [4.78, 5) is 23.3. The van der Waals surface area contributed by atoms with Gasteiger partial charge in [0.15, 0.2) is 11.2 Å². The highest BCUT2D eigenvalue weighted by Crippen LogP contribution is 2.48. The zero-order chi connectivity index (χ0) is 16.0. The van der Waals surface area contributed by atoms with E-state index in [4.69, 9.17) is 0 Å². The number of fused-ring (bicyclic) bond motifs is 1. The van der Waals surface area contributed by atoms with Gasteiger partial charge >= 0.3 is 6.18 Å². The fraction of sp³-hybridized carbons (Fsp3) is 0.273. The molecule has 1 aromatic rings. The number of carbonyl (C=O) groups excluding carboxylic acids is 1. The molecule has 0 saturated carbocycles. The van der Waals surface area contributed by atoms with Crippen molar-refractivity contribution in [2.24, 2.45) is 4.99 Å². The van der Waals surface area contributed by atoms with Crippen LogP contribution in [0.1, 0.15) is 18.1 Å². The molecular formula is C11H7F3N2O3S2. The lowest BCUT2D eigenvalue weighted by Crippen LogP contribution is -2.25. The maximum atomic E-state index is 12.9. The molecular weight excluding hydrogens is 329 g/mol. The number of aldehydes is 1. The number of halogens is 3. The Bertz CT molecular complexity index is 675. The van der Waals surface area contributed by atoms with Crippen LogP contribution < -0.4 is 0 Å². The fourth-order valence-electron chi connectivity index (χ4n) is 1.85. The molecule has 0 spiro atoms. The minimum atomic E-state index is -4.78. The molecule has 1 aliphatic rings. The third kappa shape index (κ3) is 2.77. The predicted molar refractivity (Wildman–Crippen MR) is 73.8 cm³/mol. The van der Waals surface area contributed by atoms with Crippen molar-refractivity contribution in [1.29, 1.82) is 0 Å². The summed E-state index contributed by atoms with van der Waals surface area (Å²) in [5.41, 5.74) is -2.18. The molecule has 2 rings (SSSR count). The smallest absolute Gasteiger partial charge is 0.299 e. The number of nitrogens with zero attached hydrogens (tertiary/aromatic N) is 2. The van der Waals surface area contributed by atoms with Crippen molar-refractivity contribution in [3.63, 3.8) is 0 Å². The zero-order valence-corrected chi connectivity index (χ0v) is 12.1. The summed E-state index contributed by atoms with van der Waals surface area (Å²) in [6.45, 7) is 1.49. The highest BCUT2D eigenvalue weighted by atomic mass is 32.2. The van der Waals surface area contributed by atoms with E-state index in [-0.39, 0.29) is 16.7 Å². The molecule has 0 N–H and O–H groups in total. The first-order valence-electron chi connectivity index (χ1n) is 5.41. The molecule has 1 heterocycles. The summed E-state index contributed by atoms with van der Waals surface area (Å²) in [6.07, 6.45) is -4.53. The molecule has 0 fully saturated rings. The monoisotopic (exact) mass is 336 g/mol. The van der Waals surface area contributed by atoms with Crippen LogP contribution in [0.3, 0.4) is 0 Å². The highest BCUT2D eigenvalue weighted by Gasteiger charge is 2.41. The van der Waals surface area contributed by atoms with Gasteiger partial charge in [-0.2, -0.15) is 13.2 Å². The quantitative estimate of drug-likeness (QED) is 0.389. The number of carbonyl (C=O) groups is 1. The topological polar surface area (TPSA) is 72.6 Å². The van der Waals surface area contributed by atoms with Crippen LogP contribution in [0.25, 0.3) is 0 Å². The summed E-state index contributed by atoms with van der Waals surface area (Å²) in [7, 11) is 0. The molecule has 1 aliphatic heterocycles. The molecule has 0 aromatic heterocycles.